The fourth-order valence-corrected chi connectivity index (χ4v) is 1.40. The standard InChI is InChI=1S/C12H17FN2S/c1-8(2)7-14-12(16)15-10-4-5-11(13)9(3)6-10/h4-6,8H,7H2,1-3H3,(H2,14,15,16). The van der Waals surface area contributed by atoms with Gasteiger partial charge >= 0.3 is 0 Å². The maximum absolute atomic E-state index is 13.0. The Morgan fingerprint density at radius 2 is 2.12 bits per heavy atom. The second-order valence-corrected chi connectivity index (χ2v) is 4.60. The van der Waals surface area contributed by atoms with Gasteiger partial charge in [0.1, 0.15) is 5.82 Å². The normalized spacial score (nSPS) is 10.3. The molecule has 2 nitrogen and oxygen atoms in total. The topological polar surface area (TPSA) is 24.1 Å². The Morgan fingerprint density at radius 1 is 1.44 bits per heavy atom. The monoisotopic (exact) mass is 240 g/mol. The van der Waals surface area contributed by atoms with Crippen molar-refractivity contribution in [3.05, 3.63) is 29.6 Å². The van der Waals surface area contributed by atoms with E-state index in [4.69, 9.17) is 12.2 Å². The minimum atomic E-state index is -0.202. The molecule has 4 heteroatoms. The van der Waals surface area contributed by atoms with E-state index in [2.05, 4.69) is 24.5 Å². The van der Waals surface area contributed by atoms with Crippen LogP contribution in [0.2, 0.25) is 0 Å². The summed E-state index contributed by atoms with van der Waals surface area (Å²) in [5, 5.41) is 6.68. The van der Waals surface area contributed by atoms with Gasteiger partial charge in [-0.1, -0.05) is 13.8 Å². The Kier molecular flexibility index (Phi) is 4.68. The van der Waals surface area contributed by atoms with Crippen molar-refractivity contribution in [3.8, 4) is 0 Å². The van der Waals surface area contributed by atoms with Gasteiger partial charge in [-0.05, 0) is 48.8 Å². The lowest BCUT2D eigenvalue weighted by Crippen LogP contribution is -2.31. The smallest absolute Gasteiger partial charge is 0.170 e. The first kappa shape index (κ1) is 12.9. The third kappa shape index (κ3) is 4.14. The Balaban J connectivity index is 2.53. The van der Waals surface area contributed by atoms with Crippen molar-refractivity contribution in [1.29, 1.82) is 0 Å². The van der Waals surface area contributed by atoms with Gasteiger partial charge in [0.25, 0.3) is 0 Å². The van der Waals surface area contributed by atoms with Gasteiger partial charge in [-0.2, -0.15) is 0 Å². The van der Waals surface area contributed by atoms with Gasteiger partial charge in [0, 0.05) is 12.2 Å². The SMILES string of the molecule is Cc1cc(NC(=S)NCC(C)C)ccc1F. The van der Waals surface area contributed by atoms with Crippen molar-refractivity contribution in [3.63, 3.8) is 0 Å². The highest BCUT2D eigenvalue weighted by molar-refractivity contribution is 7.80. The van der Waals surface area contributed by atoms with Gasteiger partial charge in [0.05, 0.1) is 0 Å². The van der Waals surface area contributed by atoms with Crippen molar-refractivity contribution in [2.45, 2.75) is 20.8 Å². The Morgan fingerprint density at radius 3 is 2.69 bits per heavy atom. The van der Waals surface area contributed by atoms with E-state index in [0.29, 0.717) is 16.6 Å². The van der Waals surface area contributed by atoms with Gasteiger partial charge < -0.3 is 10.6 Å². The number of halogens is 1. The molecule has 0 spiro atoms. The number of benzene rings is 1. The van der Waals surface area contributed by atoms with E-state index in [9.17, 15) is 4.39 Å². The third-order valence-corrected chi connectivity index (χ3v) is 2.33. The highest BCUT2D eigenvalue weighted by Gasteiger charge is 2.01. The van der Waals surface area contributed by atoms with Gasteiger partial charge in [-0.15, -0.1) is 0 Å². The fourth-order valence-electron chi connectivity index (χ4n) is 1.19. The van der Waals surface area contributed by atoms with Crippen LogP contribution >= 0.6 is 12.2 Å². The van der Waals surface area contributed by atoms with Crippen LogP contribution < -0.4 is 10.6 Å². The van der Waals surface area contributed by atoms with E-state index >= 15 is 0 Å². The summed E-state index contributed by atoms with van der Waals surface area (Å²) < 4.78 is 13.0. The van der Waals surface area contributed by atoms with Gasteiger partial charge in [-0.3, -0.25) is 0 Å². The maximum Gasteiger partial charge on any atom is 0.170 e. The van der Waals surface area contributed by atoms with Crippen molar-refractivity contribution in [1.82, 2.24) is 5.32 Å². The van der Waals surface area contributed by atoms with E-state index in [-0.39, 0.29) is 5.82 Å². The predicted octanol–water partition coefficient (Wildman–Crippen LogP) is 3.08. The second kappa shape index (κ2) is 5.80. The first-order valence-corrected chi connectivity index (χ1v) is 5.71. The molecule has 88 valence electrons. The quantitative estimate of drug-likeness (QED) is 0.794. The largest absolute Gasteiger partial charge is 0.362 e. The van der Waals surface area contributed by atoms with Crippen LogP contribution in [0, 0.1) is 18.7 Å². The number of hydrogen-bond acceptors (Lipinski definition) is 1. The van der Waals surface area contributed by atoms with Crippen molar-refractivity contribution < 1.29 is 4.39 Å². The minimum absolute atomic E-state index is 0.202. The van der Waals surface area contributed by atoms with E-state index in [1.54, 1.807) is 19.1 Å². The van der Waals surface area contributed by atoms with E-state index in [0.717, 1.165) is 12.2 Å². The molecule has 2 N–H and O–H groups in total. The minimum Gasteiger partial charge on any atom is -0.362 e. The van der Waals surface area contributed by atoms with Gasteiger partial charge in [0.15, 0.2) is 5.11 Å². The lowest BCUT2D eigenvalue weighted by Gasteiger charge is -2.12. The number of hydrogen-bond donors (Lipinski definition) is 2. The maximum atomic E-state index is 13.0. The van der Waals surface area contributed by atoms with Crippen molar-refractivity contribution in [2.24, 2.45) is 5.92 Å². The molecule has 0 bridgehead atoms. The summed E-state index contributed by atoms with van der Waals surface area (Å²) in [6, 6.07) is 4.84. The van der Waals surface area contributed by atoms with E-state index in [1.807, 2.05) is 0 Å². The number of rotatable bonds is 3. The summed E-state index contributed by atoms with van der Waals surface area (Å²) in [6.07, 6.45) is 0. The predicted molar refractivity (Wildman–Crippen MR) is 70.2 cm³/mol. The average Bonchev–Trinajstić information content (AvgIpc) is 2.21. The molecular formula is C12H17FN2S. The summed E-state index contributed by atoms with van der Waals surface area (Å²) in [7, 11) is 0. The molecule has 0 aliphatic rings. The molecule has 0 aromatic heterocycles. The van der Waals surface area contributed by atoms with Crippen molar-refractivity contribution >= 4 is 23.0 Å². The second-order valence-electron chi connectivity index (χ2n) is 4.19. The summed E-state index contributed by atoms with van der Waals surface area (Å²) in [6.45, 7) is 6.77. The highest BCUT2D eigenvalue weighted by atomic mass is 32.1. The molecule has 1 rings (SSSR count). The van der Waals surface area contributed by atoms with Crippen LogP contribution in [0.4, 0.5) is 10.1 Å². The molecular weight excluding hydrogens is 223 g/mol. The number of anilines is 1. The molecule has 0 saturated heterocycles. The zero-order valence-electron chi connectivity index (χ0n) is 9.80. The molecule has 0 aliphatic heterocycles. The van der Waals surface area contributed by atoms with E-state index in [1.165, 1.54) is 6.07 Å². The molecule has 0 radical (unpaired) electrons. The molecule has 1 aromatic carbocycles. The van der Waals surface area contributed by atoms with Gasteiger partial charge in [0.2, 0.25) is 0 Å². The zero-order valence-corrected chi connectivity index (χ0v) is 10.6. The molecule has 0 unspecified atom stereocenters. The Hall–Kier alpha value is -1.16. The summed E-state index contributed by atoms with van der Waals surface area (Å²) in [4.78, 5) is 0. The average molecular weight is 240 g/mol. The molecule has 0 saturated carbocycles. The highest BCUT2D eigenvalue weighted by Crippen LogP contribution is 2.13. The summed E-state index contributed by atoms with van der Waals surface area (Å²) in [5.41, 5.74) is 1.41. The molecule has 16 heavy (non-hydrogen) atoms. The molecule has 0 aliphatic carbocycles. The summed E-state index contributed by atoms with van der Waals surface area (Å²) in [5.74, 6) is 0.335. The molecule has 0 amide bonds. The lowest BCUT2D eigenvalue weighted by molar-refractivity contribution is 0.618. The molecule has 0 atom stereocenters. The van der Waals surface area contributed by atoms with Gasteiger partial charge in [-0.25, -0.2) is 4.39 Å². The number of nitrogens with one attached hydrogen (secondary N) is 2. The molecule has 0 fully saturated rings. The molecule has 1 aromatic rings. The lowest BCUT2D eigenvalue weighted by atomic mass is 10.2. The zero-order chi connectivity index (χ0) is 12.1. The van der Waals surface area contributed by atoms with E-state index < -0.39 is 0 Å². The molecule has 0 heterocycles. The Bertz CT molecular complexity index is 377. The number of aryl methyl sites for hydroxylation is 1. The number of thiocarbonyl (C=S) groups is 1. The van der Waals surface area contributed by atoms with Crippen LogP contribution in [0.15, 0.2) is 18.2 Å². The van der Waals surface area contributed by atoms with Crippen LogP contribution in [0.25, 0.3) is 0 Å². The van der Waals surface area contributed by atoms with Crippen LogP contribution in [-0.4, -0.2) is 11.7 Å². The van der Waals surface area contributed by atoms with Crippen molar-refractivity contribution in [2.75, 3.05) is 11.9 Å². The van der Waals surface area contributed by atoms with Crippen LogP contribution in [0.3, 0.4) is 0 Å². The fraction of sp³-hybridized carbons (Fsp3) is 0.417. The summed E-state index contributed by atoms with van der Waals surface area (Å²) >= 11 is 5.11. The van der Waals surface area contributed by atoms with Crippen LogP contribution in [0.5, 0.6) is 0 Å². The Labute approximate surface area is 101 Å². The van der Waals surface area contributed by atoms with Crippen LogP contribution in [-0.2, 0) is 0 Å². The first-order valence-electron chi connectivity index (χ1n) is 5.30. The third-order valence-electron chi connectivity index (χ3n) is 2.09. The van der Waals surface area contributed by atoms with Crippen LogP contribution in [0.1, 0.15) is 19.4 Å². The first-order chi connectivity index (χ1) is 7.49.